The van der Waals surface area contributed by atoms with Crippen LogP contribution in [0.2, 0.25) is 0 Å². The molecule has 1 aliphatic rings. The van der Waals surface area contributed by atoms with Crippen molar-refractivity contribution in [3.05, 3.63) is 102 Å². The van der Waals surface area contributed by atoms with Gasteiger partial charge in [-0.1, -0.05) is 78.9 Å². The highest BCUT2D eigenvalue weighted by Gasteiger charge is 2.48. The van der Waals surface area contributed by atoms with Crippen LogP contribution in [0.3, 0.4) is 0 Å². The van der Waals surface area contributed by atoms with Crippen LogP contribution >= 0.6 is 0 Å². The lowest BCUT2D eigenvalue weighted by molar-refractivity contribution is -0.222. The molecule has 8 nitrogen and oxygen atoms in total. The molecule has 0 aliphatic carbocycles. The van der Waals surface area contributed by atoms with Gasteiger partial charge in [0, 0.05) is 6.92 Å². The first kappa shape index (κ1) is 27.9. The lowest BCUT2D eigenvalue weighted by atomic mass is 9.93. The summed E-state index contributed by atoms with van der Waals surface area (Å²) in [5.74, 6) is -0.529. The number of hydrogen-bond donors (Lipinski definition) is 1. The first-order valence-electron chi connectivity index (χ1n) is 12.5. The molecule has 9 heteroatoms. The van der Waals surface area contributed by atoms with Gasteiger partial charge in [0.15, 0.2) is 6.10 Å². The molecule has 0 radical (unpaired) electrons. The Morgan fingerprint density at radius 3 is 1.97 bits per heavy atom. The number of rotatable bonds is 11. The number of benzene rings is 3. The molecule has 0 saturated carbocycles. The maximum atomic E-state index is 13.3. The molecule has 1 saturated heterocycles. The molecule has 0 aromatic heterocycles. The minimum atomic E-state index is -3.91. The molecule has 0 spiro atoms. The second-order valence-corrected chi connectivity index (χ2v) is 10.9. The third-order valence-corrected chi connectivity index (χ3v) is 7.74. The molecule has 1 N–H and O–H groups in total. The molecule has 5 atom stereocenters. The fraction of sp³-hybridized carbons (Fsp3) is 0.345. The molecule has 0 bridgehead atoms. The summed E-state index contributed by atoms with van der Waals surface area (Å²) in [4.78, 5) is 12.3. The van der Waals surface area contributed by atoms with E-state index in [1.807, 2.05) is 60.7 Å². The highest BCUT2D eigenvalue weighted by molar-refractivity contribution is 7.89. The van der Waals surface area contributed by atoms with E-state index in [0.29, 0.717) is 6.61 Å². The summed E-state index contributed by atoms with van der Waals surface area (Å²) < 4.78 is 53.4. The first-order valence-corrected chi connectivity index (χ1v) is 14.0. The highest BCUT2D eigenvalue weighted by atomic mass is 32.2. The van der Waals surface area contributed by atoms with Gasteiger partial charge in [-0.25, -0.2) is 13.1 Å². The highest BCUT2D eigenvalue weighted by Crippen LogP contribution is 2.29. The zero-order valence-electron chi connectivity index (χ0n) is 21.4. The van der Waals surface area contributed by atoms with Crippen molar-refractivity contribution in [2.75, 3.05) is 6.61 Å². The van der Waals surface area contributed by atoms with E-state index in [4.69, 9.17) is 18.9 Å². The van der Waals surface area contributed by atoms with Gasteiger partial charge in [-0.2, -0.15) is 0 Å². The van der Waals surface area contributed by atoms with Crippen molar-refractivity contribution in [1.29, 1.82) is 0 Å². The van der Waals surface area contributed by atoms with Crippen molar-refractivity contribution in [1.82, 2.24) is 4.72 Å². The average molecular weight is 540 g/mol. The Morgan fingerprint density at radius 2 is 1.39 bits per heavy atom. The van der Waals surface area contributed by atoms with E-state index in [-0.39, 0.29) is 18.1 Å². The van der Waals surface area contributed by atoms with Crippen molar-refractivity contribution >= 4 is 16.0 Å². The summed E-state index contributed by atoms with van der Waals surface area (Å²) in [6, 6.07) is 26.4. The van der Waals surface area contributed by atoms with E-state index in [1.54, 1.807) is 25.1 Å². The third kappa shape index (κ3) is 7.49. The number of nitrogens with one attached hydrogen (secondary N) is 1. The molecule has 4 rings (SSSR count). The Bertz CT molecular complexity index is 1260. The molecular formula is C29H33NO7S. The van der Waals surface area contributed by atoms with Crippen LogP contribution in [-0.2, 0) is 47.0 Å². The Morgan fingerprint density at radius 1 is 0.842 bits per heavy atom. The number of carbonyl (C=O) groups is 1. The van der Waals surface area contributed by atoms with Crippen LogP contribution in [0.15, 0.2) is 95.9 Å². The molecule has 3 aromatic carbocycles. The number of ether oxygens (including phenoxy) is 4. The van der Waals surface area contributed by atoms with Crippen molar-refractivity contribution in [3.8, 4) is 0 Å². The molecule has 202 valence electrons. The van der Waals surface area contributed by atoms with Gasteiger partial charge in [-0.3, -0.25) is 4.79 Å². The molecule has 3 aromatic rings. The largest absolute Gasteiger partial charge is 0.457 e. The lowest BCUT2D eigenvalue weighted by Crippen LogP contribution is -2.65. The zero-order chi connectivity index (χ0) is 27.0. The van der Waals surface area contributed by atoms with Crippen molar-refractivity contribution < 1.29 is 32.2 Å². The SMILES string of the molecule is CC(=O)O[C@H]1C(COCc2ccccc2)O[C@@H](C)C(NS(=O)(=O)c2ccccc2)[C@H]1OCc1ccccc1. The minimum Gasteiger partial charge on any atom is -0.457 e. The summed E-state index contributed by atoms with van der Waals surface area (Å²) in [5, 5.41) is 0. The topological polar surface area (TPSA) is 100 Å². The van der Waals surface area contributed by atoms with E-state index in [9.17, 15) is 13.2 Å². The summed E-state index contributed by atoms with van der Waals surface area (Å²) in [5.41, 5.74) is 1.89. The summed E-state index contributed by atoms with van der Waals surface area (Å²) in [6.07, 6.45) is -3.03. The molecule has 1 fully saturated rings. The molecule has 1 aliphatic heterocycles. The van der Waals surface area contributed by atoms with Gasteiger partial charge in [-0.15, -0.1) is 0 Å². The lowest BCUT2D eigenvalue weighted by Gasteiger charge is -2.45. The predicted molar refractivity (Wildman–Crippen MR) is 142 cm³/mol. The predicted octanol–water partition coefficient (Wildman–Crippen LogP) is 3.85. The van der Waals surface area contributed by atoms with Gasteiger partial charge in [0.05, 0.1) is 36.9 Å². The van der Waals surface area contributed by atoms with E-state index in [0.717, 1.165) is 11.1 Å². The minimum absolute atomic E-state index is 0.117. The summed E-state index contributed by atoms with van der Waals surface area (Å²) in [7, 11) is -3.91. The average Bonchev–Trinajstić information content (AvgIpc) is 2.92. The number of hydrogen-bond acceptors (Lipinski definition) is 7. The van der Waals surface area contributed by atoms with Crippen LogP contribution in [0.1, 0.15) is 25.0 Å². The maximum absolute atomic E-state index is 13.3. The Kier molecular flexibility index (Phi) is 9.65. The van der Waals surface area contributed by atoms with Crippen molar-refractivity contribution in [2.24, 2.45) is 0 Å². The number of esters is 1. The normalized spacial score (nSPS) is 23.6. The smallest absolute Gasteiger partial charge is 0.303 e. The molecule has 38 heavy (non-hydrogen) atoms. The van der Waals surface area contributed by atoms with E-state index < -0.39 is 46.5 Å². The standard InChI is InChI=1S/C29H33NO7S/c1-21-27(30-38(32,33)25-16-10-5-11-17-25)29(35-19-24-14-8-4-9-15-24)28(37-22(2)31)26(36-21)20-34-18-23-12-6-3-7-13-23/h3-17,21,26-30H,18-20H2,1-2H3/t21-,26?,27?,28-,29+/m0/s1. The molecule has 0 amide bonds. The Labute approximate surface area is 223 Å². The van der Waals surface area contributed by atoms with Gasteiger partial charge in [0.1, 0.15) is 12.2 Å². The third-order valence-electron chi connectivity index (χ3n) is 6.27. The first-order chi connectivity index (χ1) is 18.3. The van der Waals surface area contributed by atoms with Crippen LogP contribution in [0.4, 0.5) is 0 Å². The van der Waals surface area contributed by atoms with Gasteiger partial charge in [0.25, 0.3) is 0 Å². The number of carbonyl (C=O) groups excluding carboxylic acids is 1. The fourth-order valence-electron chi connectivity index (χ4n) is 4.43. The molecule has 1 heterocycles. The van der Waals surface area contributed by atoms with Crippen LogP contribution < -0.4 is 4.72 Å². The quantitative estimate of drug-likeness (QED) is 0.370. The van der Waals surface area contributed by atoms with E-state index in [1.165, 1.54) is 19.1 Å². The Balaban J connectivity index is 1.58. The second kappa shape index (κ2) is 13.1. The van der Waals surface area contributed by atoms with Gasteiger partial charge in [0.2, 0.25) is 10.0 Å². The van der Waals surface area contributed by atoms with Crippen LogP contribution in [0.25, 0.3) is 0 Å². The van der Waals surface area contributed by atoms with Gasteiger partial charge < -0.3 is 18.9 Å². The zero-order valence-corrected chi connectivity index (χ0v) is 22.3. The monoisotopic (exact) mass is 539 g/mol. The van der Waals surface area contributed by atoms with E-state index in [2.05, 4.69) is 4.72 Å². The van der Waals surface area contributed by atoms with Crippen LogP contribution in [0, 0.1) is 0 Å². The van der Waals surface area contributed by atoms with Gasteiger partial charge >= 0.3 is 5.97 Å². The summed E-state index contributed by atoms with van der Waals surface area (Å²) >= 11 is 0. The van der Waals surface area contributed by atoms with Crippen LogP contribution in [-0.4, -0.2) is 51.5 Å². The maximum Gasteiger partial charge on any atom is 0.303 e. The van der Waals surface area contributed by atoms with E-state index >= 15 is 0 Å². The second-order valence-electron chi connectivity index (χ2n) is 9.18. The van der Waals surface area contributed by atoms with Crippen molar-refractivity contribution in [2.45, 2.75) is 62.4 Å². The fourth-order valence-corrected chi connectivity index (χ4v) is 5.77. The van der Waals surface area contributed by atoms with Crippen LogP contribution in [0.5, 0.6) is 0 Å². The van der Waals surface area contributed by atoms with Crippen molar-refractivity contribution in [3.63, 3.8) is 0 Å². The Hall–Kier alpha value is -3.08. The van der Waals surface area contributed by atoms with Gasteiger partial charge in [-0.05, 0) is 30.2 Å². The molecule has 2 unspecified atom stereocenters. The number of sulfonamides is 1. The summed E-state index contributed by atoms with van der Waals surface area (Å²) in [6.45, 7) is 3.74. The molecular weight excluding hydrogens is 506 g/mol.